The van der Waals surface area contributed by atoms with Gasteiger partial charge in [-0.3, -0.25) is 14.6 Å². The molecule has 1 fully saturated rings. The third-order valence-electron chi connectivity index (χ3n) is 7.04. The molecule has 0 saturated carbocycles. The Hall–Kier alpha value is -3.79. The van der Waals surface area contributed by atoms with E-state index in [0.29, 0.717) is 40.9 Å². The topological polar surface area (TPSA) is 77.0 Å². The van der Waals surface area contributed by atoms with Crippen molar-refractivity contribution in [1.82, 2.24) is 9.88 Å². The van der Waals surface area contributed by atoms with Crippen molar-refractivity contribution in [2.45, 2.75) is 19.1 Å². The van der Waals surface area contributed by atoms with E-state index >= 15 is 0 Å². The average Bonchev–Trinajstić information content (AvgIpc) is 2.87. The molecule has 2 amide bonds. The molecule has 5 rings (SSSR count). The summed E-state index contributed by atoms with van der Waals surface area (Å²) in [6.45, 7) is 5.94. The molecule has 1 N–H and O–H groups in total. The number of carbonyl (C=O) groups is 2. The molecule has 2 aliphatic heterocycles. The number of nitrogens with zero attached hydrogens (tertiary/aromatic N) is 4. The number of phenols is 1. The molecule has 0 aliphatic carbocycles. The predicted molar refractivity (Wildman–Crippen MR) is 135 cm³/mol. The van der Waals surface area contributed by atoms with Crippen molar-refractivity contribution in [3.05, 3.63) is 59.3 Å². The van der Waals surface area contributed by atoms with Gasteiger partial charge in [-0.15, -0.1) is 0 Å². The Morgan fingerprint density at radius 3 is 2.70 bits per heavy atom. The van der Waals surface area contributed by atoms with Crippen LogP contribution in [-0.4, -0.2) is 59.5 Å². The number of rotatable bonds is 2. The Morgan fingerprint density at radius 1 is 1.30 bits per heavy atom. The van der Waals surface area contributed by atoms with Gasteiger partial charge in [0, 0.05) is 31.1 Å². The van der Waals surface area contributed by atoms with E-state index in [4.69, 9.17) is 11.6 Å². The summed E-state index contributed by atoms with van der Waals surface area (Å²) in [5.74, 6) is -1.02. The number of halogens is 4. The van der Waals surface area contributed by atoms with Crippen molar-refractivity contribution in [2.24, 2.45) is 0 Å². The summed E-state index contributed by atoms with van der Waals surface area (Å²) in [6.07, 6.45) is -2.02. The number of phenolic OH excluding ortho intramolecular Hbond substituents is 1. The second-order valence-corrected chi connectivity index (χ2v) is 9.42. The zero-order valence-electron chi connectivity index (χ0n) is 19.9. The summed E-state index contributed by atoms with van der Waals surface area (Å²) in [5, 5.41) is 11.1. The zero-order chi connectivity index (χ0) is 26.8. The number of likely N-dealkylation sites (N-methyl/N-ethyl adjacent to an activating group) is 1. The highest BCUT2D eigenvalue weighted by Gasteiger charge is 2.43. The van der Waals surface area contributed by atoms with E-state index in [0.717, 1.165) is 12.1 Å². The molecule has 11 heteroatoms. The number of pyridine rings is 1. The fourth-order valence-corrected chi connectivity index (χ4v) is 5.46. The van der Waals surface area contributed by atoms with Crippen LogP contribution in [0.4, 0.5) is 24.5 Å². The third-order valence-corrected chi connectivity index (χ3v) is 7.52. The minimum Gasteiger partial charge on any atom is -0.507 e. The van der Waals surface area contributed by atoms with Crippen molar-refractivity contribution in [3.63, 3.8) is 0 Å². The minimum atomic E-state index is -4.70. The molecule has 3 heterocycles. The number of carbonyl (C=O) groups excluding carboxylic acids is 2. The molecule has 1 saturated heterocycles. The van der Waals surface area contributed by atoms with Crippen LogP contribution in [0.1, 0.15) is 11.1 Å². The van der Waals surface area contributed by atoms with Gasteiger partial charge in [0.15, 0.2) is 0 Å². The summed E-state index contributed by atoms with van der Waals surface area (Å²) in [5.41, 5.74) is 0.504. The quantitative estimate of drug-likeness (QED) is 0.483. The number of aromatic hydroxyl groups is 1. The lowest BCUT2D eigenvalue weighted by Crippen LogP contribution is -2.62. The minimum absolute atomic E-state index is 0.105. The molecule has 0 spiro atoms. The molecule has 1 aromatic heterocycles. The van der Waals surface area contributed by atoms with E-state index in [1.807, 2.05) is 4.90 Å². The summed E-state index contributed by atoms with van der Waals surface area (Å²) < 4.78 is 41.5. The van der Waals surface area contributed by atoms with Crippen molar-refractivity contribution in [2.75, 3.05) is 36.5 Å². The average molecular weight is 531 g/mol. The van der Waals surface area contributed by atoms with E-state index in [2.05, 4.69) is 11.6 Å². The van der Waals surface area contributed by atoms with Gasteiger partial charge in [-0.05, 0) is 42.3 Å². The first kappa shape index (κ1) is 24.9. The van der Waals surface area contributed by atoms with Crippen LogP contribution in [0.2, 0.25) is 5.02 Å². The number of anilines is 2. The maximum Gasteiger partial charge on any atom is 0.417 e. The number of amides is 2. The van der Waals surface area contributed by atoms with Crippen LogP contribution < -0.4 is 9.80 Å². The van der Waals surface area contributed by atoms with Crippen LogP contribution in [0.15, 0.2) is 43.1 Å². The van der Waals surface area contributed by atoms with Crippen molar-refractivity contribution >= 4 is 45.7 Å². The Labute approximate surface area is 215 Å². The molecule has 7 nitrogen and oxygen atoms in total. The van der Waals surface area contributed by atoms with Gasteiger partial charge in [0.05, 0.1) is 40.2 Å². The van der Waals surface area contributed by atoms with Crippen LogP contribution in [0.5, 0.6) is 5.75 Å². The lowest BCUT2D eigenvalue weighted by atomic mass is 9.92. The first-order valence-corrected chi connectivity index (χ1v) is 11.8. The smallest absolute Gasteiger partial charge is 0.417 e. The number of benzene rings is 2. The fourth-order valence-electron chi connectivity index (χ4n) is 5.17. The molecule has 192 valence electrons. The van der Waals surface area contributed by atoms with E-state index in [-0.39, 0.29) is 34.5 Å². The molecule has 2 aromatic carbocycles. The van der Waals surface area contributed by atoms with Crippen molar-refractivity contribution in [3.8, 4) is 16.9 Å². The van der Waals surface area contributed by atoms with E-state index in [1.165, 1.54) is 29.3 Å². The second-order valence-electron chi connectivity index (χ2n) is 9.04. The van der Waals surface area contributed by atoms with Gasteiger partial charge >= 0.3 is 6.18 Å². The molecule has 2 aliphatic rings. The number of piperazine rings is 1. The molecular formula is C26H22ClF3N4O3. The van der Waals surface area contributed by atoms with Gasteiger partial charge in [0.2, 0.25) is 5.91 Å². The van der Waals surface area contributed by atoms with E-state index in [9.17, 15) is 27.9 Å². The molecule has 3 aromatic rings. The molecule has 0 radical (unpaired) electrons. The lowest BCUT2D eigenvalue weighted by molar-refractivity contribution is -0.137. The Morgan fingerprint density at radius 2 is 2.03 bits per heavy atom. The number of hydrogen-bond acceptors (Lipinski definition) is 5. The van der Waals surface area contributed by atoms with Crippen LogP contribution >= 0.6 is 11.6 Å². The van der Waals surface area contributed by atoms with Crippen LogP contribution in [-0.2, 0) is 15.8 Å². The Kier molecular flexibility index (Phi) is 5.82. The van der Waals surface area contributed by atoms with Crippen LogP contribution in [0, 0.1) is 6.92 Å². The standard InChI is InChI=1S/C26H22ClF3N4O3/c1-4-20(36)33-8-9-34-18(12-33)25(37)32(3)17-11-31-16-10-14(13(2)23(27)22(16)24(17)34)21-15(26(28,29)30)6-5-7-19(21)35/h4-7,10-11,18,35H,1,8-9,12H2,2-3H3/t18-/m1/s1. The lowest BCUT2D eigenvalue weighted by Gasteiger charge is -2.47. The fraction of sp³-hybridized carbons (Fsp3) is 0.269. The number of fused-ring (bicyclic) bond motifs is 5. The SMILES string of the molecule is C=CC(=O)N1CCN2c3c(cnc4cc(-c5c(O)cccc5C(F)(F)F)c(C)c(Cl)c34)N(C)C(=O)[C@H]2C1. The highest BCUT2D eigenvalue weighted by molar-refractivity contribution is 6.38. The maximum atomic E-state index is 13.8. The monoisotopic (exact) mass is 530 g/mol. The summed E-state index contributed by atoms with van der Waals surface area (Å²) in [6, 6.07) is 4.04. The van der Waals surface area contributed by atoms with Crippen molar-refractivity contribution in [1.29, 1.82) is 0 Å². The summed E-state index contributed by atoms with van der Waals surface area (Å²) in [7, 11) is 1.60. The van der Waals surface area contributed by atoms with Crippen LogP contribution in [0.25, 0.3) is 22.0 Å². The highest BCUT2D eigenvalue weighted by Crippen LogP contribution is 2.49. The first-order chi connectivity index (χ1) is 17.5. The van der Waals surface area contributed by atoms with Gasteiger partial charge in [0.1, 0.15) is 11.8 Å². The molecular weight excluding hydrogens is 509 g/mol. The van der Waals surface area contributed by atoms with E-state index in [1.54, 1.807) is 18.9 Å². The first-order valence-electron chi connectivity index (χ1n) is 11.4. The number of aromatic nitrogens is 1. The number of alkyl halides is 3. The molecule has 1 atom stereocenters. The Bertz CT molecular complexity index is 1490. The summed E-state index contributed by atoms with van der Waals surface area (Å²) in [4.78, 5) is 34.7. The van der Waals surface area contributed by atoms with Gasteiger partial charge in [-0.25, -0.2) is 0 Å². The third kappa shape index (κ3) is 3.78. The normalized spacial score (nSPS) is 17.6. The second kappa shape index (κ2) is 8.65. The van der Waals surface area contributed by atoms with Crippen molar-refractivity contribution < 1.29 is 27.9 Å². The molecule has 0 unspecified atom stereocenters. The van der Waals surface area contributed by atoms with Gasteiger partial charge < -0.3 is 19.8 Å². The van der Waals surface area contributed by atoms with Crippen LogP contribution in [0.3, 0.4) is 0 Å². The van der Waals surface area contributed by atoms with Gasteiger partial charge in [-0.2, -0.15) is 13.2 Å². The molecule has 37 heavy (non-hydrogen) atoms. The Balaban J connectivity index is 1.74. The summed E-state index contributed by atoms with van der Waals surface area (Å²) >= 11 is 6.84. The van der Waals surface area contributed by atoms with Gasteiger partial charge in [-0.1, -0.05) is 24.2 Å². The molecule has 0 bridgehead atoms. The maximum absolute atomic E-state index is 13.8. The largest absolute Gasteiger partial charge is 0.507 e. The number of hydrogen-bond donors (Lipinski definition) is 1. The van der Waals surface area contributed by atoms with E-state index < -0.39 is 23.5 Å². The predicted octanol–water partition coefficient (Wildman–Crippen LogP) is 4.77. The zero-order valence-corrected chi connectivity index (χ0v) is 20.7. The van der Waals surface area contributed by atoms with Gasteiger partial charge in [0.25, 0.3) is 5.91 Å². The highest BCUT2D eigenvalue weighted by atomic mass is 35.5.